The van der Waals surface area contributed by atoms with Crippen LogP contribution in [-0.4, -0.2) is 20.0 Å². The molecule has 92 valence electrons. The zero-order valence-corrected chi connectivity index (χ0v) is 10.2. The summed E-state index contributed by atoms with van der Waals surface area (Å²) in [7, 11) is -3.30. The molecule has 1 fully saturated rings. The molecule has 0 bridgehead atoms. The van der Waals surface area contributed by atoms with E-state index in [9.17, 15) is 13.2 Å². The minimum Gasteiger partial charge on any atom is -0.298 e. The van der Waals surface area contributed by atoms with Crippen molar-refractivity contribution >= 4 is 22.0 Å². The summed E-state index contributed by atoms with van der Waals surface area (Å²) in [4.78, 5) is 10.6. The van der Waals surface area contributed by atoms with E-state index in [0.29, 0.717) is 17.5 Å². The van der Waals surface area contributed by atoms with Crippen LogP contribution in [0.4, 0.5) is 5.69 Å². The maximum absolute atomic E-state index is 12.0. The number of carbonyl (C=O) groups is 1. The van der Waals surface area contributed by atoms with Crippen molar-refractivity contribution in [1.29, 1.82) is 0 Å². The van der Waals surface area contributed by atoms with Gasteiger partial charge in [0.05, 0.1) is 5.25 Å². The third-order valence-electron chi connectivity index (χ3n) is 3.02. The summed E-state index contributed by atoms with van der Waals surface area (Å²) in [6, 6.07) is 6.50. The molecule has 1 aromatic rings. The minimum atomic E-state index is -3.30. The highest BCUT2D eigenvalue weighted by atomic mass is 32.2. The van der Waals surface area contributed by atoms with Crippen LogP contribution in [0.2, 0.25) is 0 Å². The van der Waals surface area contributed by atoms with E-state index in [-0.39, 0.29) is 5.25 Å². The number of aldehydes is 1. The highest BCUT2D eigenvalue weighted by Gasteiger charge is 2.28. The summed E-state index contributed by atoms with van der Waals surface area (Å²) in [5, 5.41) is -0.289. The molecule has 0 radical (unpaired) electrons. The summed E-state index contributed by atoms with van der Waals surface area (Å²) >= 11 is 0. The minimum absolute atomic E-state index is 0.289. The average Bonchev–Trinajstić information content (AvgIpc) is 2.83. The van der Waals surface area contributed by atoms with Crippen molar-refractivity contribution in [2.24, 2.45) is 0 Å². The van der Waals surface area contributed by atoms with E-state index >= 15 is 0 Å². The summed E-state index contributed by atoms with van der Waals surface area (Å²) in [5.41, 5.74) is 0.929. The van der Waals surface area contributed by atoms with Crippen LogP contribution >= 0.6 is 0 Å². The van der Waals surface area contributed by atoms with Crippen molar-refractivity contribution in [3.05, 3.63) is 29.8 Å². The number of hydrogen-bond donors (Lipinski definition) is 1. The number of hydrogen-bond acceptors (Lipinski definition) is 3. The molecule has 0 amide bonds. The van der Waals surface area contributed by atoms with Gasteiger partial charge < -0.3 is 0 Å². The third kappa shape index (κ3) is 2.85. The molecule has 0 saturated heterocycles. The van der Waals surface area contributed by atoms with Crippen molar-refractivity contribution in [2.75, 3.05) is 4.72 Å². The van der Waals surface area contributed by atoms with E-state index < -0.39 is 10.0 Å². The summed E-state index contributed by atoms with van der Waals surface area (Å²) in [6.45, 7) is 0. The van der Waals surface area contributed by atoms with Crippen LogP contribution in [-0.2, 0) is 10.0 Å². The molecule has 0 atom stereocenters. The topological polar surface area (TPSA) is 63.2 Å². The lowest BCUT2D eigenvalue weighted by atomic mass is 10.2. The number of sulfonamides is 1. The fraction of sp³-hybridized carbons (Fsp3) is 0.417. The van der Waals surface area contributed by atoms with E-state index in [0.717, 1.165) is 25.7 Å². The normalized spacial score (nSPS) is 16.9. The first kappa shape index (κ1) is 12.1. The summed E-state index contributed by atoms with van der Waals surface area (Å²) < 4.78 is 26.6. The van der Waals surface area contributed by atoms with Crippen LogP contribution < -0.4 is 4.72 Å². The molecule has 5 heteroatoms. The molecule has 1 aromatic carbocycles. The molecule has 0 spiro atoms. The molecule has 0 unspecified atom stereocenters. The number of carbonyl (C=O) groups excluding carboxylic acids is 1. The largest absolute Gasteiger partial charge is 0.298 e. The van der Waals surface area contributed by atoms with E-state index in [1.807, 2.05) is 0 Å². The van der Waals surface area contributed by atoms with Crippen LogP contribution in [0, 0.1) is 0 Å². The molecule has 0 aliphatic heterocycles. The molecule has 17 heavy (non-hydrogen) atoms. The van der Waals surface area contributed by atoms with Crippen LogP contribution in [0.3, 0.4) is 0 Å². The van der Waals surface area contributed by atoms with Crippen molar-refractivity contribution in [1.82, 2.24) is 0 Å². The number of anilines is 1. The predicted molar refractivity (Wildman–Crippen MR) is 66.6 cm³/mol. The van der Waals surface area contributed by atoms with Crippen molar-refractivity contribution < 1.29 is 13.2 Å². The lowest BCUT2D eigenvalue weighted by Gasteiger charge is -2.13. The van der Waals surface area contributed by atoms with Gasteiger partial charge in [-0.2, -0.15) is 0 Å². The first-order valence-electron chi connectivity index (χ1n) is 5.69. The zero-order valence-electron chi connectivity index (χ0n) is 9.43. The molecular formula is C12H15NO3S. The van der Waals surface area contributed by atoms with Gasteiger partial charge in [0.25, 0.3) is 0 Å². The van der Waals surface area contributed by atoms with Gasteiger partial charge in [0.1, 0.15) is 6.29 Å². The fourth-order valence-electron chi connectivity index (χ4n) is 2.12. The lowest BCUT2D eigenvalue weighted by molar-refractivity contribution is 0.112. The van der Waals surface area contributed by atoms with Gasteiger partial charge in [-0.3, -0.25) is 9.52 Å². The SMILES string of the molecule is O=Cc1cccc(NS(=O)(=O)C2CCCC2)c1. The molecular weight excluding hydrogens is 238 g/mol. The van der Waals surface area contributed by atoms with E-state index in [4.69, 9.17) is 0 Å². The zero-order chi connectivity index (χ0) is 12.3. The molecule has 0 heterocycles. The molecule has 4 nitrogen and oxygen atoms in total. The van der Waals surface area contributed by atoms with Crippen LogP contribution in [0.5, 0.6) is 0 Å². The van der Waals surface area contributed by atoms with Gasteiger partial charge in [0.15, 0.2) is 0 Å². The second-order valence-electron chi connectivity index (χ2n) is 4.30. The number of benzene rings is 1. The van der Waals surface area contributed by atoms with Crippen LogP contribution in [0.15, 0.2) is 24.3 Å². The molecule has 1 aliphatic carbocycles. The Balaban J connectivity index is 2.16. The Kier molecular flexibility index (Phi) is 3.47. The predicted octanol–water partition coefficient (Wildman–Crippen LogP) is 2.18. The molecule has 1 N–H and O–H groups in total. The fourth-order valence-corrected chi connectivity index (χ4v) is 3.70. The van der Waals surface area contributed by atoms with Crippen LogP contribution in [0.25, 0.3) is 0 Å². The Morgan fingerprint density at radius 2 is 1.94 bits per heavy atom. The van der Waals surface area contributed by atoms with E-state index in [1.54, 1.807) is 24.3 Å². The first-order valence-corrected chi connectivity index (χ1v) is 7.23. The highest BCUT2D eigenvalue weighted by molar-refractivity contribution is 7.93. The third-order valence-corrected chi connectivity index (χ3v) is 4.89. The van der Waals surface area contributed by atoms with Gasteiger partial charge in [0, 0.05) is 11.3 Å². The first-order chi connectivity index (χ1) is 8.12. The maximum Gasteiger partial charge on any atom is 0.235 e. The Hall–Kier alpha value is -1.36. The van der Waals surface area contributed by atoms with Gasteiger partial charge >= 0.3 is 0 Å². The number of rotatable bonds is 4. The molecule has 2 rings (SSSR count). The van der Waals surface area contributed by atoms with Gasteiger partial charge in [-0.15, -0.1) is 0 Å². The Bertz CT molecular complexity index is 504. The van der Waals surface area contributed by atoms with Gasteiger partial charge in [-0.25, -0.2) is 8.42 Å². The Morgan fingerprint density at radius 1 is 1.24 bits per heavy atom. The quantitative estimate of drug-likeness (QED) is 0.836. The van der Waals surface area contributed by atoms with Crippen molar-refractivity contribution in [2.45, 2.75) is 30.9 Å². The molecule has 0 aromatic heterocycles. The Labute approximate surface area is 101 Å². The highest BCUT2D eigenvalue weighted by Crippen LogP contribution is 2.26. The van der Waals surface area contributed by atoms with Crippen molar-refractivity contribution in [3.8, 4) is 0 Å². The average molecular weight is 253 g/mol. The smallest absolute Gasteiger partial charge is 0.235 e. The second kappa shape index (κ2) is 4.87. The van der Waals surface area contributed by atoms with Crippen molar-refractivity contribution in [3.63, 3.8) is 0 Å². The monoisotopic (exact) mass is 253 g/mol. The molecule has 1 saturated carbocycles. The maximum atomic E-state index is 12.0. The van der Waals surface area contributed by atoms with Crippen LogP contribution in [0.1, 0.15) is 36.0 Å². The second-order valence-corrected chi connectivity index (χ2v) is 6.26. The van der Waals surface area contributed by atoms with E-state index in [2.05, 4.69) is 4.72 Å². The van der Waals surface area contributed by atoms with E-state index in [1.165, 1.54) is 0 Å². The Morgan fingerprint density at radius 3 is 2.59 bits per heavy atom. The summed E-state index contributed by atoms with van der Waals surface area (Å²) in [5.74, 6) is 0. The molecule has 1 aliphatic rings. The lowest BCUT2D eigenvalue weighted by Crippen LogP contribution is -2.25. The number of nitrogens with one attached hydrogen (secondary N) is 1. The van der Waals surface area contributed by atoms with Gasteiger partial charge in [-0.1, -0.05) is 25.0 Å². The van der Waals surface area contributed by atoms with Gasteiger partial charge in [-0.05, 0) is 25.0 Å². The standard InChI is InChI=1S/C12H15NO3S/c14-9-10-4-3-5-11(8-10)13-17(15,16)12-6-1-2-7-12/h3-5,8-9,12-13H,1-2,6-7H2. The van der Waals surface area contributed by atoms with Gasteiger partial charge in [0.2, 0.25) is 10.0 Å². The summed E-state index contributed by atoms with van der Waals surface area (Å²) in [6.07, 6.45) is 4.10.